The van der Waals surface area contributed by atoms with Crippen LogP contribution in [0.1, 0.15) is 64.0 Å². The molecule has 1 atom stereocenters. The number of ether oxygens (including phenoxy) is 2. The van der Waals surface area contributed by atoms with Crippen LogP contribution < -0.4 is 5.32 Å². The molecule has 0 saturated carbocycles. The molecule has 0 bridgehead atoms. The van der Waals surface area contributed by atoms with Crippen molar-refractivity contribution in [2.75, 3.05) is 27.2 Å². The summed E-state index contributed by atoms with van der Waals surface area (Å²) in [6.07, 6.45) is 1.92. The molecule has 0 aliphatic heterocycles. The van der Waals surface area contributed by atoms with Gasteiger partial charge in [-0.2, -0.15) is 0 Å². The third-order valence-electron chi connectivity index (χ3n) is 6.08. The van der Waals surface area contributed by atoms with Crippen LogP contribution in [-0.4, -0.2) is 55.0 Å². The summed E-state index contributed by atoms with van der Waals surface area (Å²) in [5.74, 6) is 0. The molecular formula is C29H41ClN2O5. The number of aliphatic hydroxyl groups is 1. The van der Waals surface area contributed by atoms with Gasteiger partial charge in [-0.25, -0.2) is 9.59 Å². The lowest BCUT2D eigenvalue weighted by atomic mass is 9.80. The minimum Gasteiger partial charge on any atom is -0.453 e. The van der Waals surface area contributed by atoms with E-state index in [4.69, 9.17) is 16.3 Å². The maximum Gasteiger partial charge on any atom is 0.410 e. The summed E-state index contributed by atoms with van der Waals surface area (Å²) in [6.45, 7) is 8.41. The fraction of sp³-hybridized carbons (Fsp3) is 0.517. The third-order valence-corrected chi connectivity index (χ3v) is 6.40. The average molecular weight is 533 g/mol. The van der Waals surface area contributed by atoms with Gasteiger partial charge in [-0.15, -0.1) is 0 Å². The second-order valence-corrected chi connectivity index (χ2v) is 10.9. The van der Waals surface area contributed by atoms with Crippen LogP contribution in [0.25, 0.3) is 11.1 Å². The van der Waals surface area contributed by atoms with E-state index in [9.17, 15) is 14.7 Å². The molecule has 8 heteroatoms. The number of aryl methyl sites for hydroxylation is 1. The van der Waals surface area contributed by atoms with Crippen molar-refractivity contribution < 1.29 is 24.2 Å². The molecular weight excluding hydrogens is 492 g/mol. The van der Waals surface area contributed by atoms with Gasteiger partial charge in [0.25, 0.3) is 0 Å². The summed E-state index contributed by atoms with van der Waals surface area (Å²) in [4.78, 5) is 25.3. The normalized spacial score (nSPS) is 13.0. The fourth-order valence-electron chi connectivity index (χ4n) is 4.24. The van der Waals surface area contributed by atoms with Gasteiger partial charge < -0.3 is 24.8 Å². The molecule has 2 aromatic carbocycles. The van der Waals surface area contributed by atoms with Gasteiger partial charge in [0.15, 0.2) is 0 Å². The number of unbranched alkanes of at least 4 members (excludes halogenated alkanes) is 1. The molecule has 0 spiro atoms. The Morgan fingerprint density at radius 3 is 2.38 bits per heavy atom. The zero-order chi connectivity index (χ0) is 27.6. The van der Waals surface area contributed by atoms with Crippen molar-refractivity contribution in [3.8, 4) is 11.1 Å². The third kappa shape index (κ3) is 9.56. The Labute approximate surface area is 226 Å². The SMILES string of the molecule is COC(=O)NCCCC(O)(CCCCN(C)C(=O)OC(C)(C)C)c1cccc(Cl)c1-c1cccc(C)c1. The van der Waals surface area contributed by atoms with Gasteiger partial charge in [-0.05, 0) is 77.0 Å². The molecule has 2 N–H and O–H groups in total. The predicted octanol–water partition coefficient (Wildman–Crippen LogP) is 6.68. The Kier molecular flexibility index (Phi) is 11.3. The summed E-state index contributed by atoms with van der Waals surface area (Å²) in [5, 5.41) is 15.3. The Morgan fingerprint density at radius 2 is 1.73 bits per heavy atom. The first-order valence-corrected chi connectivity index (χ1v) is 13.1. The van der Waals surface area contributed by atoms with Crippen LogP contribution in [0.15, 0.2) is 42.5 Å². The first kappa shape index (κ1) is 30.5. The van der Waals surface area contributed by atoms with Crippen molar-refractivity contribution in [1.29, 1.82) is 0 Å². The molecule has 7 nitrogen and oxygen atoms in total. The van der Waals surface area contributed by atoms with Crippen LogP contribution in [0.3, 0.4) is 0 Å². The van der Waals surface area contributed by atoms with Crippen LogP contribution in [-0.2, 0) is 15.1 Å². The second kappa shape index (κ2) is 13.7. The molecule has 1 unspecified atom stereocenters. The van der Waals surface area contributed by atoms with Crippen molar-refractivity contribution >= 4 is 23.8 Å². The molecule has 204 valence electrons. The molecule has 2 aromatic rings. The van der Waals surface area contributed by atoms with E-state index in [-0.39, 0.29) is 6.09 Å². The number of halogens is 1. The van der Waals surface area contributed by atoms with E-state index in [2.05, 4.69) is 16.1 Å². The van der Waals surface area contributed by atoms with Gasteiger partial charge in [0.1, 0.15) is 5.60 Å². The van der Waals surface area contributed by atoms with Gasteiger partial charge in [0, 0.05) is 30.7 Å². The highest BCUT2D eigenvalue weighted by molar-refractivity contribution is 6.33. The highest BCUT2D eigenvalue weighted by Crippen LogP contribution is 2.42. The monoisotopic (exact) mass is 532 g/mol. The van der Waals surface area contributed by atoms with E-state index in [0.717, 1.165) is 22.3 Å². The Hall–Kier alpha value is -2.77. The highest BCUT2D eigenvalue weighted by atomic mass is 35.5. The number of carbonyl (C=O) groups is 2. The lowest BCUT2D eigenvalue weighted by molar-refractivity contribution is 0.0130. The quantitative estimate of drug-likeness (QED) is 0.315. The average Bonchev–Trinajstić information content (AvgIpc) is 2.83. The Balaban J connectivity index is 2.23. The predicted molar refractivity (Wildman–Crippen MR) is 148 cm³/mol. The molecule has 0 radical (unpaired) electrons. The molecule has 0 aliphatic rings. The van der Waals surface area contributed by atoms with E-state index >= 15 is 0 Å². The van der Waals surface area contributed by atoms with Gasteiger partial charge in [0.2, 0.25) is 0 Å². The smallest absolute Gasteiger partial charge is 0.410 e. The van der Waals surface area contributed by atoms with Gasteiger partial charge in [-0.1, -0.05) is 53.6 Å². The van der Waals surface area contributed by atoms with Gasteiger partial charge >= 0.3 is 12.2 Å². The van der Waals surface area contributed by atoms with E-state index in [1.54, 1.807) is 11.9 Å². The van der Waals surface area contributed by atoms with Crippen LogP contribution in [0.4, 0.5) is 9.59 Å². The maximum absolute atomic E-state index is 12.3. The minimum atomic E-state index is -1.19. The zero-order valence-corrected chi connectivity index (χ0v) is 23.7. The number of amides is 2. The molecule has 0 aliphatic carbocycles. The summed E-state index contributed by atoms with van der Waals surface area (Å²) in [6, 6.07) is 13.6. The molecule has 0 saturated heterocycles. The van der Waals surface area contributed by atoms with Crippen molar-refractivity contribution in [3.63, 3.8) is 0 Å². The number of rotatable bonds is 11. The molecule has 0 aromatic heterocycles. The van der Waals surface area contributed by atoms with Crippen molar-refractivity contribution in [2.24, 2.45) is 0 Å². The first-order chi connectivity index (χ1) is 17.4. The van der Waals surface area contributed by atoms with Gasteiger partial charge in [0.05, 0.1) is 12.7 Å². The highest BCUT2D eigenvalue weighted by Gasteiger charge is 2.32. The lowest BCUT2D eigenvalue weighted by Crippen LogP contribution is -2.35. The summed E-state index contributed by atoms with van der Waals surface area (Å²) in [5.41, 5.74) is 1.86. The molecule has 2 amide bonds. The lowest BCUT2D eigenvalue weighted by Gasteiger charge is -2.32. The van der Waals surface area contributed by atoms with E-state index in [1.165, 1.54) is 7.11 Å². The molecule has 0 heterocycles. The number of methoxy groups -OCH3 is 1. The number of nitrogens with zero attached hydrogens (tertiary/aromatic N) is 1. The Bertz CT molecular complexity index is 1050. The van der Waals surface area contributed by atoms with E-state index < -0.39 is 17.3 Å². The van der Waals surface area contributed by atoms with Gasteiger partial charge in [-0.3, -0.25) is 0 Å². The standard InChI is InChI=1S/C29H41ClN2O5/c1-21-12-9-13-22(20-21)25-23(14-10-15-24(25)30)29(35,17-11-18-31-26(33)36-6)16-7-8-19-32(5)27(34)37-28(2,3)4/h9-10,12-15,20,35H,7-8,11,16-19H2,1-6H3,(H,31,33). The summed E-state index contributed by atoms with van der Waals surface area (Å²) < 4.78 is 10.1. The van der Waals surface area contributed by atoms with Crippen molar-refractivity contribution in [2.45, 2.75) is 71.0 Å². The number of benzene rings is 2. The van der Waals surface area contributed by atoms with Crippen LogP contribution in [0.2, 0.25) is 5.02 Å². The zero-order valence-electron chi connectivity index (χ0n) is 22.9. The topological polar surface area (TPSA) is 88.1 Å². The van der Waals surface area contributed by atoms with Crippen LogP contribution in [0, 0.1) is 6.92 Å². The summed E-state index contributed by atoms with van der Waals surface area (Å²) in [7, 11) is 3.03. The largest absolute Gasteiger partial charge is 0.453 e. The maximum atomic E-state index is 12.3. The van der Waals surface area contributed by atoms with Crippen molar-refractivity contribution in [1.82, 2.24) is 10.2 Å². The fourth-order valence-corrected chi connectivity index (χ4v) is 4.52. The number of hydrogen-bond acceptors (Lipinski definition) is 5. The van der Waals surface area contributed by atoms with E-state index in [1.807, 2.05) is 64.1 Å². The van der Waals surface area contributed by atoms with Crippen LogP contribution in [0.5, 0.6) is 0 Å². The molecule has 2 rings (SSSR count). The molecule has 37 heavy (non-hydrogen) atoms. The second-order valence-electron chi connectivity index (χ2n) is 10.4. The van der Waals surface area contributed by atoms with Crippen LogP contribution >= 0.6 is 11.6 Å². The first-order valence-electron chi connectivity index (χ1n) is 12.7. The Morgan fingerprint density at radius 1 is 1.05 bits per heavy atom. The van der Waals surface area contributed by atoms with Crippen molar-refractivity contribution in [3.05, 3.63) is 58.6 Å². The summed E-state index contributed by atoms with van der Waals surface area (Å²) >= 11 is 6.69. The van der Waals surface area contributed by atoms with E-state index in [0.29, 0.717) is 50.2 Å². The number of hydrogen-bond donors (Lipinski definition) is 2. The molecule has 0 fully saturated rings. The minimum absolute atomic E-state index is 0.367. The number of carbonyl (C=O) groups excluding carboxylic acids is 2. The number of nitrogens with one attached hydrogen (secondary N) is 1. The number of alkyl carbamates (subject to hydrolysis) is 1.